The number of phenolic OH excluding ortho intramolecular Hbond substituents is 1. The summed E-state index contributed by atoms with van der Waals surface area (Å²) < 4.78 is 4.96. The summed E-state index contributed by atoms with van der Waals surface area (Å²) >= 11 is 5.89. The molecule has 0 spiro atoms. The van der Waals surface area contributed by atoms with Gasteiger partial charge >= 0.3 is 0 Å². The molecule has 1 aromatic carbocycles. The summed E-state index contributed by atoms with van der Waals surface area (Å²) in [5, 5.41) is 9.97. The minimum Gasteiger partial charge on any atom is -0.504 e. The minimum atomic E-state index is 0.119. The number of phenols is 1. The lowest BCUT2D eigenvalue weighted by atomic mass is 10.1. The Morgan fingerprint density at radius 1 is 1.33 bits per heavy atom. The molecular formula is C9H11ClO2. The first kappa shape index (κ1) is 9.20. The SMILES string of the molecule is COc1c(O)c(C)cc(C)c1Cl. The molecule has 12 heavy (non-hydrogen) atoms. The number of benzene rings is 1. The Kier molecular flexibility index (Phi) is 2.48. The summed E-state index contributed by atoms with van der Waals surface area (Å²) in [6.07, 6.45) is 0. The molecule has 0 heterocycles. The van der Waals surface area contributed by atoms with E-state index in [0.29, 0.717) is 10.8 Å². The first-order valence-corrected chi connectivity index (χ1v) is 3.98. The van der Waals surface area contributed by atoms with E-state index in [9.17, 15) is 5.11 Å². The Morgan fingerprint density at radius 3 is 2.42 bits per heavy atom. The average Bonchev–Trinajstić information content (AvgIpc) is 2.02. The number of aryl methyl sites for hydroxylation is 2. The number of halogens is 1. The van der Waals surface area contributed by atoms with Gasteiger partial charge in [0.05, 0.1) is 12.1 Å². The third-order valence-electron chi connectivity index (χ3n) is 1.77. The Balaban J connectivity index is 3.42. The molecule has 0 fully saturated rings. The summed E-state index contributed by atoms with van der Waals surface area (Å²) in [6.45, 7) is 3.68. The molecule has 0 radical (unpaired) electrons. The van der Waals surface area contributed by atoms with Crippen LogP contribution in [0.15, 0.2) is 6.07 Å². The van der Waals surface area contributed by atoms with Crippen LogP contribution >= 0.6 is 11.6 Å². The van der Waals surface area contributed by atoms with E-state index in [1.807, 2.05) is 13.0 Å². The van der Waals surface area contributed by atoms with Gasteiger partial charge < -0.3 is 9.84 Å². The summed E-state index contributed by atoms with van der Waals surface area (Å²) in [7, 11) is 1.49. The van der Waals surface area contributed by atoms with Gasteiger partial charge in [0.15, 0.2) is 11.5 Å². The molecule has 66 valence electrons. The van der Waals surface area contributed by atoms with Crippen LogP contribution in [0.25, 0.3) is 0 Å². The van der Waals surface area contributed by atoms with Gasteiger partial charge in [-0.2, -0.15) is 0 Å². The third kappa shape index (κ3) is 1.34. The fourth-order valence-corrected chi connectivity index (χ4v) is 1.33. The van der Waals surface area contributed by atoms with Crippen LogP contribution in [0, 0.1) is 13.8 Å². The van der Waals surface area contributed by atoms with Gasteiger partial charge in [0.25, 0.3) is 0 Å². The molecule has 1 rings (SSSR count). The maximum Gasteiger partial charge on any atom is 0.179 e. The molecule has 0 bridgehead atoms. The first-order chi connectivity index (χ1) is 5.57. The smallest absolute Gasteiger partial charge is 0.179 e. The quantitative estimate of drug-likeness (QED) is 0.731. The number of hydrogen-bond acceptors (Lipinski definition) is 2. The molecule has 0 aromatic heterocycles. The van der Waals surface area contributed by atoms with Crippen molar-refractivity contribution in [3.05, 3.63) is 22.2 Å². The van der Waals surface area contributed by atoms with Crippen LogP contribution in [0.3, 0.4) is 0 Å². The highest BCUT2D eigenvalue weighted by Crippen LogP contribution is 2.38. The van der Waals surface area contributed by atoms with Gasteiger partial charge in [0.1, 0.15) is 0 Å². The molecule has 1 aromatic rings. The molecule has 1 N–H and O–H groups in total. The van der Waals surface area contributed by atoms with Crippen molar-refractivity contribution in [3.8, 4) is 11.5 Å². The summed E-state index contributed by atoms with van der Waals surface area (Å²) in [4.78, 5) is 0. The summed E-state index contributed by atoms with van der Waals surface area (Å²) in [5.74, 6) is 0.474. The number of rotatable bonds is 1. The fraction of sp³-hybridized carbons (Fsp3) is 0.333. The van der Waals surface area contributed by atoms with Crippen LogP contribution in [0.2, 0.25) is 5.02 Å². The predicted molar refractivity (Wildman–Crippen MR) is 49.1 cm³/mol. The van der Waals surface area contributed by atoms with Crippen molar-refractivity contribution in [1.29, 1.82) is 0 Å². The predicted octanol–water partition coefficient (Wildman–Crippen LogP) is 2.67. The number of aromatic hydroxyl groups is 1. The lowest BCUT2D eigenvalue weighted by molar-refractivity contribution is 0.371. The van der Waals surface area contributed by atoms with E-state index in [1.54, 1.807) is 6.92 Å². The van der Waals surface area contributed by atoms with Crippen molar-refractivity contribution in [2.45, 2.75) is 13.8 Å². The molecule has 0 saturated carbocycles. The Bertz CT molecular complexity index is 282. The van der Waals surface area contributed by atoms with E-state index in [-0.39, 0.29) is 5.75 Å². The van der Waals surface area contributed by atoms with E-state index in [0.717, 1.165) is 11.1 Å². The summed E-state index contributed by atoms with van der Waals surface area (Å²) in [6, 6.07) is 1.82. The monoisotopic (exact) mass is 186 g/mol. The Morgan fingerprint density at radius 2 is 1.92 bits per heavy atom. The van der Waals surface area contributed by atoms with Crippen LogP contribution < -0.4 is 4.74 Å². The molecule has 0 aliphatic heterocycles. The lowest BCUT2D eigenvalue weighted by Crippen LogP contribution is -1.89. The number of hydrogen-bond donors (Lipinski definition) is 1. The maximum absolute atomic E-state index is 9.49. The van der Waals surface area contributed by atoms with Crippen molar-refractivity contribution in [2.75, 3.05) is 7.11 Å². The Hall–Kier alpha value is -0.890. The molecule has 0 unspecified atom stereocenters. The van der Waals surface area contributed by atoms with Crippen molar-refractivity contribution >= 4 is 11.6 Å². The van der Waals surface area contributed by atoms with Gasteiger partial charge in [-0.25, -0.2) is 0 Å². The largest absolute Gasteiger partial charge is 0.504 e. The Labute approximate surface area is 76.7 Å². The van der Waals surface area contributed by atoms with E-state index in [4.69, 9.17) is 16.3 Å². The molecule has 3 heteroatoms. The summed E-state index contributed by atoms with van der Waals surface area (Å²) in [5.41, 5.74) is 1.68. The van der Waals surface area contributed by atoms with Gasteiger partial charge in [-0.15, -0.1) is 0 Å². The van der Waals surface area contributed by atoms with E-state index < -0.39 is 0 Å². The van der Waals surface area contributed by atoms with Crippen LogP contribution in [0.4, 0.5) is 0 Å². The highest BCUT2D eigenvalue weighted by molar-refractivity contribution is 6.33. The molecule has 2 nitrogen and oxygen atoms in total. The van der Waals surface area contributed by atoms with Gasteiger partial charge in [0.2, 0.25) is 0 Å². The number of ether oxygens (including phenoxy) is 1. The second-order valence-corrected chi connectivity index (χ2v) is 3.08. The third-order valence-corrected chi connectivity index (χ3v) is 2.24. The molecule has 0 aliphatic carbocycles. The van der Waals surface area contributed by atoms with E-state index in [2.05, 4.69) is 0 Å². The van der Waals surface area contributed by atoms with E-state index >= 15 is 0 Å². The second-order valence-electron chi connectivity index (χ2n) is 2.71. The normalized spacial score (nSPS) is 10.0. The van der Waals surface area contributed by atoms with Crippen molar-refractivity contribution in [1.82, 2.24) is 0 Å². The molecule has 0 amide bonds. The minimum absolute atomic E-state index is 0.119. The maximum atomic E-state index is 9.49. The van der Waals surface area contributed by atoms with Crippen LogP contribution in [-0.4, -0.2) is 12.2 Å². The van der Waals surface area contributed by atoms with Crippen molar-refractivity contribution in [2.24, 2.45) is 0 Å². The van der Waals surface area contributed by atoms with Gasteiger partial charge in [-0.3, -0.25) is 0 Å². The fourth-order valence-electron chi connectivity index (χ4n) is 1.10. The zero-order valence-corrected chi connectivity index (χ0v) is 8.07. The van der Waals surface area contributed by atoms with Crippen molar-refractivity contribution < 1.29 is 9.84 Å². The van der Waals surface area contributed by atoms with Gasteiger partial charge in [-0.05, 0) is 25.0 Å². The highest BCUT2D eigenvalue weighted by Gasteiger charge is 2.11. The van der Waals surface area contributed by atoms with Crippen molar-refractivity contribution in [3.63, 3.8) is 0 Å². The van der Waals surface area contributed by atoms with Gasteiger partial charge in [0, 0.05) is 0 Å². The molecule has 0 atom stereocenters. The molecule has 0 saturated heterocycles. The topological polar surface area (TPSA) is 29.5 Å². The zero-order chi connectivity index (χ0) is 9.30. The van der Waals surface area contributed by atoms with Gasteiger partial charge in [-0.1, -0.05) is 17.7 Å². The van der Waals surface area contributed by atoms with Crippen LogP contribution in [0.1, 0.15) is 11.1 Å². The molecular weight excluding hydrogens is 176 g/mol. The van der Waals surface area contributed by atoms with Crippen LogP contribution in [-0.2, 0) is 0 Å². The second kappa shape index (κ2) is 3.23. The lowest BCUT2D eigenvalue weighted by Gasteiger charge is -2.09. The van der Waals surface area contributed by atoms with E-state index in [1.165, 1.54) is 7.11 Å². The zero-order valence-electron chi connectivity index (χ0n) is 7.31. The standard InChI is InChI=1S/C9H11ClO2/c1-5-4-6(2)8(11)9(12-3)7(5)10/h4,11H,1-3H3. The number of methoxy groups -OCH3 is 1. The average molecular weight is 187 g/mol. The van der Waals surface area contributed by atoms with Crippen LogP contribution in [0.5, 0.6) is 11.5 Å². The first-order valence-electron chi connectivity index (χ1n) is 3.60. The highest BCUT2D eigenvalue weighted by atomic mass is 35.5. The molecule has 0 aliphatic rings.